The molecule has 31 heavy (non-hydrogen) atoms. The van der Waals surface area contributed by atoms with Crippen LogP contribution < -0.4 is 4.74 Å². The first-order valence-corrected chi connectivity index (χ1v) is 9.80. The molecule has 1 atom stereocenters. The minimum Gasteiger partial charge on any atom is -0.452 e. The second kappa shape index (κ2) is 7.61. The molecule has 1 aliphatic heterocycles. The Morgan fingerprint density at radius 1 is 1.23 bits per heavy atom. The third-order valence-electron chi connectivity index (χ3n) is 5.62. The smallest absolute Gasteiger partial charge is 0.387 e. The van der Waals surface area contributed by atoms with Gasteiger partial charge in [0.15, 0.2) is 11.3 Å². The molecule has 2 aromatic heterocycles. The molecule has 0 radical (unpaired) electrons. The third kappa shape index (κ3) is 3.48. The van der Waals surface area contributed by atoms with Gasteiger partial charge in [0.1, 0.15) is 11.4 Å². The molecular formula is C23H17F3N2O3. The molecule has 1 fully saturated rings. The lowest BCUT2D eigenvalue weighted by atomic mass is 9.93. The van der Waals surface area contributed by atoms with Gasteiger partial charge in [-0.2, -0.15) is 8.78 Å². The summed E-state index contributed by atoms with van der Waals surface area (Å²) in [7, 11) is 0. The van der Waals surface area contributed by atoms with Gasteiger partial charge in [-0.05, 0) is 42.3 Å². The summed E-state index contributed by atoms with van der Waals surface area (Å²) < 4.78 is 49.8. The van der Waals surface area contributed by atoms with E-state index >= 15 is 0 Å². The van der Waals surface area contributed by atoms with Crippen LogP contribution in [0.1, 0.15) is 28.3 Å². The number of furan rings is 1. The highest BCUT2D eigenvalue weighted by Crippen LogP contribution is 2.42. The number of alkyl halides is 2. The van der Waals surface area contributed by atoms with Gasteiger partial charge in [0, 0.05) is 47.7 Å². The topological polar surface area (TPSA) is 55.6 Å². The number of amides is 1. The van der Waals surface area contributed by atoms with Crippen molar-refractivity contribution >= 4 is 27.8 Å². The molecule has 0 N–H and O–H groups in total. The fourth-order valence-electron chi connectivity index (χ4n) is 4.26. The van der Waals surface area contributed by atoms with Crippen molar-refractivity contribution in [1.29, 1.82) is 0 Å². The zero-order valence-corrected chi connectivity index (χ0v) is 16.2. The Kier molecular flexibility index (Phi) is 4.77. The van der Waals surface area contributed by atoms with Gasteiger partial charge in [-0.1, -0.05) is 12.1 Å². The van der Waals surface area contributed by atoms with E-state index in [9.17, 15) is 18.0 Å². The number of pyridine rings is 1. The Bertz CT molecular complexity index is 1290. The zero-order valence-electron chi connectivity index (χ0n) is 16.2. The number of benzene rings is 2. The molecule has 1 saturated heterocycles. The van der Waals surface area contributed by atoms with E-state index < -0.39 is 12.4 Å². The molecule has 8 heteroatoms. The minimum atomic E-state index is -2.98. The molecule has 0 aliphatic carbocycles. The molecule has 0 saturated carbocycles. The van der Waals surface area contributed by atoms with Crippen LogP contribution in [0.3, 0.4) is 0 Å². The van der Waals surface area contributed by atoms with Crippen molar-refractivity contribution in [2.24, 2.45) is 0 Å². The summed E-state index contributed by atoms with van der Waals surface area (Å²) in [5.74, 6) is -0.790. The molecule has 1 aliphatic rings. The lowest BCUT2D eigenvalue weighted by Gasteiger charge is -2.17. The Morgan fingerprint density at radius 3 is 2.90 bits per heavy atom. The van der Waals surface area contributed by atoms with Crippen molar-refractivity contribution < 1.29 is 27.1 Å². The number of rotatable bonds is 4. The maximum Gasteiger partial charge on any atom is 0.387 e. The van der Waals surface area contributed by atoms with Crippen LogP contribution in [0.25, 0.3) is 21.9 Å². The van der Waals surface area contributed by atoms with Crippen molar-refractivity contribution in [1.82, 2.24) is 9.88 Å². The molecule has 5 nitrogen and oxygen atoms in total. The number of hydrogen-bond donors (Lipinski definition) is 0. The number of fused-ring (bicyclic) bond motifs is 3. The molecule has 158 valence electrons. The Morgan fingerprint density at radius 2 is 2.10 bits per heavy atom. The van der Waals surface area contributed by atoms with Crippen molar-refractivity contribution in [3.8, 4) is 5.75 Å². The summed E-state index contributed by atoms with van der Waals surface area (Å²) in [4.78, 5) is 18.6. The van der Waals surface area contributed by atoms with Gasteiger partial charge < -0.3 is 14.1 Å². The number of likely N-dealkylation sites (tertiary alicyclic amines) is 1. The predicted octanol–water partition coefficient (Wildman–Crippen LogP) is 5.35. The summed E-state index contributed by atoms with van der Waals surface area (Å²) in [6.45, 7) is -2.05. The van der Waals surface area contributed by atoms with E-state index in [2.05, 4.69) is 9.72 Å². The summed E-state index contributed by atoms with van der Waals surface area (Å²) in [6, 6.07) is 10.5. The van der Waals surface area contributed by atoms with E-state index in [-0.39, 0.29) is 23.2 Å². The average molecular weight is 426 g/mol. The molecular weight excluding hydrogens is 409 g/mol. The van der Waals surface area contributed by atoms with Crippen LogP contribution in [-0.2, 0) is 0 Å². The quantitative estimate of drug-likeness (QED) is 0.441. The van der Waals surface area contributed by atoms with Gasteiger partial charge in [0.25, 0.3) is 5.91 Å². The fraction of sp³-hybridized carbons (Fsp3) is 0.217. The first-order valence-electron chi connectivity index (χ1n) is 9.80. The molecule has 2 aromatic carbocycles. The number of carbonyl (C=O) groups is 1. The van der Waals surface area contributed by atoms with E-state index in [1.54, 1.807) is 35.5 Å². The normalized spacial score (nSPS) is 16.5. The number of hydrogen-bond acceptors (Lipinski definition) is 4. The number of halogens is 3. The first-order chi connectivity index (χ1) is 15.0. The van der Waals surface area contributed by atoms with Gasteiger partial charge in [0.2, 0.25) is 0 Å². The van der Waals surface area contributed by atoms with Crippen LogP contribution in [0.5, 0.6) is 5.75 Å². The first kappa shape index (κ1) is 19.4. The largest absolute Gasteiger partial charge is 0.452 e. The predicted molar refractivity (Wildman–Crippen MR) is 108 cm³/mol. The van der Waals surface area contributed by atoms with Crippen molar-refractivity contribution in [3.05, 3.63) is 71.8 Å². The van der Waals surface area contributed by atoms with E-state index in [4.69, 9.17) is 4.42 Å². The molecule has 1 amide bonds. The third-order valence-corrected chi connectivity index (χ3v) is 5.62. The number of aromatic nitrogens is 1. The molecule has 1 unspecified atom stereocenters. The van der Waals surface area contributed by atoms with Crippen LogP contribution in [0.2, 0.25) is 0 Å². The summed E-state index contributed by atoms with van der Waals surface area (Å²) in [5.41, 5.74) is 1.92. The monoisotopic (exact) mass is 426 g/mol. The van der Waals surface area contributed by atoms with Gasteiger partial charge in [-0.15, -0.1) is 0 Å². The van der Waals surface area contributed by atoms with Crippen molar-refractivity contribution in [3.63, 3.8) is 0 Å². The van der Waals surface area contributed by atoms with E-state index in [0.717, 1.165) is 5.56 Å². The second-order valence-electron chi connectivity index (χ2n) is 7.46. The Labute approximate surface area is 175 Å². The van der Waals surface area contributed by atoms with Crippen molar-refractivity contribution in [2.45, 2.75) is 19.0 Å². The van der Waals surface area contributed by atoms with E-state index in [1.165, 1.54) is 24.3 Å². The van der Waals surface area contributed by atoms with Gasteiger partial charge in [0.05, 0.1) is 0 Å². The molecule has 4 aromatic rings. The maximum absolute atomic E-state index is 13.5. The molecule has 0 bridgehead atoms. The van der Waals surface area contributed by atoms with Crippen LogP contribution in [0.15, 0.2) is 59.3 Å². The van der Waals surface area contributed by atoms with Gasteiger partial charge in [-0.3, -0.25) is 9.78 Å². The zero-order chi connectivity index (χ0) is 21.5. The van der Waals surface area contributed by atoms with E-state index in [1.807, 2.05) is 0 Å². The fourth-order valence-corrected chi connectivity index (χ4v) is 4.26. The van der Waals surface area contributed by atoms with Crippen LogP contribution in [-0.4, -0.2) is 35.5 Å². The average Bonchev–Trinajstić information content (AvgIpc) is 3.39. The van der Waals surface area contributed by atoms with E-state index in [0.29, 0.717) is 41.4 Å². The molecule has 5 rings (SSSR count). The molecule has 0 spiro atoms. The van der Waals surface area contributed by atoms with Gasteiger partial charge >= 0.3 is 6.61 Å². The maximum atomic E-state index is 13.5. The highest BCUT2D eigenvalue weighted by Gasteiger charge is 2.31. The molecule has 3 heterocycles. The van der Waals surface area contributed by atoms with Crippen molar-refractivity contribution in [2.75, 3.05) is 13.1 Å². The highest BCUT2D eigenvalue weighted by atomic mass is 19.3. The lowest BCUT2D eigenvalue weighted by molar-refractivity contribution is -0.0493. The second-order valence-corrected chi connectivity index (χ2v) is 7.46. The highest BCUT2D eigenvalue weighted by molar-refractivity contribution is 6.08. The van der Waals surface area contributed by atoms with Crippen LogP contribution >= 0.6 is 0 Å². The van der Waals surface area contributed by atoms with Crippen LogP contribution in [0.4, 0.5) is 13.2 Å². The SMILES string of the molecule is O=C(c1cccc(F)c1)N1CCC(c2ccc(OC(F)F)c3oc4ccncc4c23)C1. The minimum absolute atomic E-state index is 0.0402. The number of ether oxygens (including phenoxy) is 1. The Balaban J connectivity index is 1.53. The standard InChI is InChI=1S/C23H17F3N2O3/c24-15-3-1-2-13(10-15)22(29)28-9-7-14(12-28)16-4-5-19(31-23(25)26)21-20(16)17-11-27-8-6-18(17)30-21/h1-6,8,10-11,14,23H,7,9,12H2. The summed E-state index contributed by atoms with van der Waals surface area (Å²) >= 11 is 0. The number of nitrogens with zero attached hydrogens (tertiary/aromatic N) is 2. The summed E-state index contributed by atoms with van der Waals surface area (Å²) in [6.07, 6.45) is 3.87. The van der Waals surface area contributed by atoms with Gasteiger partial charge in [-0.25, -0.2) is 4.39 Å². The van der Waals surface area contributed by atoms with Crippen LogP contribution in [0, 0.1) is 5.82 Å². The summed E-state index contributed by atoms with van der Waals surface area (Å²) in [5, 5.41) is 1.36. The number of carbonyl (C=O) groups excluding carboxylic acids is 1. The Hall–Kier alpha value is -3.55. The lowest BCUT2D eigenvalue weighted by Crippen LogP contribution is -2.28.